The molecule has 0 saturated heterocycles. The average molecular weight is 471 g/mol. The van der Waals surface area contributed by atoms with Gasteiger partial charge in [-0.15, -0.1) is 0 Å². The summed E-state index contributed by atoms with van der Waals surface area (Å²) in [6.45, 7) is -0.604. The molecule has 2 amide bonds. The summed E-state index contributed by atoms with van der Waals surface area (Å²) in [7, 11) is -3.02. The molecule has 2 aromatic carbocycles. The fourth-order valence-electron chi connectivity index (χ4n) is 3.40. The minimum Gasteiger partial charge on any atom is -0.496 e. The van der Waals surface area contributed by atoms with Gasteiger partial charge in [-0.05, 0) is 25.3 Å². The number of aliphatic hydroxyl groups excluding tert-OH is 1. The highest BCUT2D eigenvalue weighted by atomic mass is 19.2. The summed E-state index contributed by atoms with van der Waals surface area (Å²) in [5.74, 6) is -10.2. The van der Waals surface area contributed by atoms with Crippen molar-refractivity contribution in [3.8, 4) is 16.9 Å². The first-order valence-electron chi connectivity index (χ1n) is 11.2. The van der Waals surface area contributed by atoms with E-state index in [0.29, 0.717) is 6.42 Å². The molecule has 3 rings (SSSR count). The van der Waals surface area contributed by atoms with Crippen LogP contribution in [0.2, 0.25) is 0 Å². The molecule has 0 aliphatic heterocycles. The molecule has 0 unspecified atom stereocenters. The number of halogens is 4. The van der Waals surface area contributed by atoms with Crippen molar-refractivity contribution in [3.05, 3.63) is 58.7 Å². The first kappa shape index (κ1) is 20.2. The van der Waals surface area contributed by atoms with E-state index in [1.54, 1.807) is 5.32 Å². The Bertz CT molecular complexity index is 1190. The zero-order valence-corrected chi connectivity index (χ0v) is 16.9. The van der Waals surface area contributed by atoms with Crippen LogP contribution in [0.5, 0.6) is 5.75 Å². The van der Waals surface area contributed by atoms with E-state index in [-0.39, 0.29) is 37.2 Å². The van der Waals surface area contributed by atoms with E-state index in [4.69, 9.17) is 14.0 Å². The molecule has 0 heterocycles. The van der Waals surface area contributed by atoms with Crippen molar-refractivity contribution in [1.29, 1.82) is 0 Å². The van der Waals surface area contributed by atoms with Crippen molar-refractivity contribution in [2.75, 3.05) is 25.6 Å². The number of nitrogens with one attached hydrogen (secondary N) is 2. The number of hydrogen-bond donors (Lipinski definition) is 3. The third-order valence-corrected chi connectivity index (χ3v) is 4.89. The Kier molecular flexibility index (Phi) is 6.39. The minimum absolute atomic E-state index is 0.0424. The SMILES string of the molecule is [2H]C([2H])([2H])Oc1ccccc1-c1c(F)c(F)c(NC(=O)C2=C(C(=O)NOCCO)CCC2)c(F)c1F. The van der Waals surface area contributed by atoms with Gasteiger partial charge in [-0.2, -0.15) is 0 Å². The third-order valence-electron chi connectivity index (χ3n) is 4.89. The van der Waals surface area contributed by atoms with Gasteiger partial charge in [-0.3, -0.25) is 14.4 Å². The predicted octanol–water partition coefficient (Wildman–Crippen LogP) is 3.38. The zero-order chi connectivity index (χ0) is 26.6. The summed E-state index contributed by atoms with van der Waals surface area (Å²) in [5, 5.41) is 10.5. The lowest BCUT2D eigenvalue weighted by molar-refractivity contribution is -0.130. The lowest BCUT2D eigenvalue weighted by Crippen LogP contribution is -2.28. The summed E-state index contributed by atoms with van der Waals surface area (Å²) >= 11 is 0. The summed E-state index contributed by atoms with van der Waals surface area (Å²) in [6.07, 6.45) is 0.517. The van der Waals surface area contributed by atoms with Gasteiger partial charge in [0, 0.05) is 16.7 Å². The highest BCUT2D eigenvalue weighted by Gasteiger charge is 2.31. The van der Waals surface area contributed by atoms with E-state index < -0.39 is 64.7 Å². The van der Waals surface area contributed by atoms with Crippen molar-refractivity contribution in [2.24, 2.45) is 0 Å². The number of hydrogen-bond acceptors (Lipinski definition) is 5. The summed E-state index contributed by atoms with van der Waals surface area (Å²) in [5.41, 5.74) is -1.45. The molecule has 7 nitrogen and oxygen atoms in total. The maximum atomic E-state index is 15.0. The Morgan fingerprint density at radius 3 is 2.30 bits per heavy atom. The van der Waals surface area contributed by atoms with E-state index in [1.807, 2.05) is 5.48 Å². The van der Waals surface area contributed by atoms with Gasteiger partial charge >= 0.3 is 0 Å². The van der Waals surface area contributed by atoms with Crippen LogP contribution in [0.15, 0.2) is 35.4 Å². The normalized spacial score (nSPS) is 15.0. The van der Waals surface area contributed by atoms with Crippen LogP contribution in [-0.4, -0.2) is 37.2 Å². The van der Waals surface area contributed by atoms with Crippen LogP contribution in [0.1, 0.15) is 23.4 Å². The number of hydroxylamine groups is 1. The highest BCUT2D eigenvalue weighted by molar-refractivity contribution is 6.10. The fourth-order valence-corrected chi connectivity index (χ4v) is 3.40. The van der Waals surface area contributed by atoms with Crippen LogP contribution >= 0.6 is 0 Å². The van der Waals surface area contributed by atoms with Gasteiger partial charge in [0.1, 0.15) is 11.4 Å². The number of para-hydroxylation sites is 1. The second-order valence-electron chi connectivity index (χ2n) is 6.87. The summed E-state index contributed by atoms with van der Waals surface area (Å²) in [6, 6.07) is 4.59. The molecule has 0 radical (unpaired) electrons. The van der Waals surface area contributed by atoms with Crippen LogP contribution in [0.25, 0.3) is 11.1 Å². The molecule has 3 N–H and O–H groups in total. The molecule has 1 aliphatic carbocycles. The number of benzene rings is 2. The summed E-state index contributed by atoms with van der Waals surface area (Å²) < 4.78 is 85.9. The molecule has 0 spiro atoms. The van der Waals surface area contributed by atoms with Crippen LogP contribution in [0, 0.1) is 23.3 Å². The van der Waals surface area contributed by atoms with Crippen LogP contribution < -0.4 is 15.5 Å². The lowest BCUT2D eigenvalue weighted by Gasteiger charge is -2.15. The van der Waals surface area contributed by atoms with E-state index in [9.17, 15) is 27.2 Å². The lowest BCUT2D eigenvalue weighted by atomic mass is 10.0. The van der Waals surface area contributed by atoms with Gasteiger partial charge in [0.05, 0.1) is 29.9 Å². The van der Waals surface area contributed by atoms with Gasteiger partial charge in [-0.1, -0.05) is 18.2 Å². The summed E-state index contributed by atoms with van der Waals surface area (Å²) in [4.78, 5) is 29.5. The highest BCUT2D eigenvalue weighted by Crippen LogP contribution is 2.39. The monoisotopic (exact) mass is 471 g/mol. The van der Waals surface area contributed by atoms with Gasteiger partial charge < -0.3 is 15.2 Å². The molecular weight excluding hydrogens is 448 g/mol. The Balaban J connectivity index is 1.98. The molecule has 2 aromatic rings. The van der Waals surface area contributed by atoms with E-state index in [1.165, 1.54) is 12.1 Å². The first-order chi connectivity index (χ1) is 17.0. The van der Waals surface area contributed by atoms with Crippen molar-refractivity contribution < 1.29 is 45.9 Å². The van der Waals surface area contributed by atoms with Gasteiger partial charge in [0.15, 0.2) is 23.3 Å². The largest absolute Gasteiger partial charge is 0.496 e. The number of carbonyl (C=O) groups is 2. The number of rotatable bonds is 8. The topological polar surface area (TPSA) is 96.9 Å². The second-order valence-corrected chi connectivity index (χ2v) is 6.87. The predicted molar refractivity (Wildman–Crippen MR) is 109 cm³/mol. The van der Waals surface area contributed by atoms with E-state index in [0.717, 1.165) is 12.1 Å². The Morgan fingerprint density at radius 2 is 1.67 bits per heavy atom. The van der Waals surface area contributed by atoms with Gasteiger partial charge in [0.2, 0.25) is 0 Å². The average Bonchev–Trinajstić information content (AvgIpc) is 3.31. The molecule has 0 aromatic heterocycles. The Hall–Kier alpha value is -3.44. The molecule has 0 bridgehead atoms. The number of methoxy groups -OCH3 is 1. The molecular formula is C22H20F4N2O5. The van der Waals surface area contributed by atoms with Gasteiger partial charge in [-0.25, -0.2) is 23.0 Å². The van der Waals surface area contributed by atoms with E-state index >= 15 is 0 Å². The van der Waals surface area contributed by atoms with Crippen LogP contribution in [0.4, 0.5) is 23.2 Å². The maximum absolute atomic E-state index is 15.0. The molecule has 1 aliphatic rings. The quantitative estimate of drug-likeness (QED) is 0.237. The van der Waals surface area contributed by atoms with Gasteiger partial charge in [0.25, 0.3) is 11.8 Å². The molecule has 33 heavy (non-hydrogen) atoms. The molecule has 0 fully saturated rings. The third kappa shape index (κ3) is 4.83. The molecule has 0 atom stereocenters. The van der Waals surface area contributed by atoms with Crippen molar-refractivity contribution in [2.45, 2.75) is 19.3 Å². The Morgan fingerprint density at radius 1 is 1.03 bits per heavy atom. The fraction of sp³-hybridized carbons (Fsp3) is 0.273. The van der Waals surface area contributed by atoms with Crippen LogP contribution in [0.3, 0.4) is 0 Å². The van der Waals surface area contributed by atoms with Crippen molar-refractivity contribution in [3.63, 3.8) is 0 Å². The van der Waals surface area contributed by atoms with Crippen molar-refractivity contribution >= 4 is 17.5 Å². The van der Waals surface area contributed by atoms with Crippen molar-refractivity contribution in [1.82, 2.24) is 5.48 Å². The number of aliphatic hydroxyl groups is 1. The number of carbonyl (C=O) groups excluding carboxylic acids is 2. The smallest absolute Gasteiger partial charge is 0.271 e. The molecule has 176 valence electrons. The first-order valence-corrected chi connectivity index (χ1v) is 9.67. The van der Waals surface area contributed by atoms with E-state index in [2.05, 4.69) is 4.84 Å². The minimum atomic E-state index is -3.02. The van der Waals surface area contributed by atoms with Crippen LogP contribution in [-0.2, 0) is 14.4 Å². The maximum Gasteiger partial charge on any atom is 0.271 e. The molecule has 0 saturated carbocycles. The molecule has 11 heteroatoms. The number of anilines is 1. The second kappa shape index (κ2) is 10.5. The number of ether oxygens (including phenoxy) is 1. The standard InChI is InChI=1S/C22H20F4N2O5/c1-32-14-8-3-2-5-13(14)15-16(23)18(25)20(19(26)17(15)24)27-21(30)11-6-4-7-12(11)22(31)28-33-10-9-29/h2-3,5,8,29H,4,6-7,9-10H2,1H3,(H,27,30)(H,28,31)/i1D3. The zero-order valence-electron chi connectivity index (χ0n) is 19.9. The Labute approximate surface area is 190 Å². The number of amides is 2.